The van der Waals surface area contributed by atoms with E-state index >= 15 is 0 Å². The molecular formula is C17H32N2O2. The molecule has 1 saturated carbocycles. The van der Waals surface area contributed by atoms with Crippen molar-refractivity contribution in [2.24, 2.45) is 17.8 Å². The van der Waals surface area contributed by atoms with Crippen LogP contribution in [0.4, 0.5) is 0 Å². The van der Waals surface area contributed by atoms with E-state index in [1.165, 1.54) is 25.8 Å². The molecule has 2 fully saturated rings. The van der Waals surface area contributed by atoms with E-state index in [1.807, 2.05) is 0 Å². The molecule has 4 atom stereocenters. The second-order valence-electron chi connectivity index (χ2n) is 7.34. The molecule has 21 heavy (non-hydrogen) atoms. The van der Waals surface area contributed by atoms with Crippen LogP contribution in [0, 0.1) is 17.8 Å². The summed E-state index contributed by atoms with van der Waals surface area (Å²) >= 11 is 0. The molecular weight excluding hydrogens is 264 g/mol. The van der Waals surface area contributed by atoms with E-state index in [2.05, 4.69) is 30.8 Å². The molecule has 0 aromatic rings. The van der Waals surface area contributed by atoms with Gasteiger partial charge in [-0.1, -0.05) is 19.8 Å². The van der Waals surface area contributed by atoms with E-state index in [4.69, 9.17) is 0 Å². The van der Waals surface area contributed by atoms with Gasteiger partial charge in [0.1, 0.15) is 0 Å². The number of rotatable bonds is 6. The number of likely N-dealkylation sites (tertiary alicyclic amines) is 1. The van der Waals surface area contributed by atoms with Gasteiger partial charge < -0.3 is 14.9 Å². The second kappa shape index (κ2) is 7.59. The monoisotopic (exact) mass is 296 g/mol. The Morgan fingerprint density at radius 2 is 2.05 bits per heavy atom. The van der Waals surface area contributed by atoms with Gasteiger partial charge in [0, 0.05) is 19.1 Å². The molecule has 2 aliphatic rings. The summed E-state index contributed by atoms with van der Waals surface area (Å²) in [5, 5.41) is 9.54. The normalized spacial score (nSPS) is 34.5. The van der Waals surface area contributed by atoms with Crippen LogP contribution in [0.25, 0.3) is 0 Å². The van der Waals surface area contributed by atoms with Crippen LogP contribution >= 0.6 is 0 Å². The molecule has 4 heteroatoms. The van der Waals surface area contributed by atoms with Crippen LogP contribution in [0.2, 0.25) is 0 Å². The average molecular weight is 296 g/mol. The standard InChI is InChI=1S/C17H32N2O2/c1-4-5-13-6-7-15(17(20)21)16(10-13)19(3)12-14-8-9-18(2)11-14/h13-16H,4-12H2,1-3H3,(H,20,21). The number of aliphatic carboxylic acids is 1. The van der Waals surface area contributed by atoms with Crippen molar-refractivity contribution in [1.82, 2.24) is 9.80 Å². The summed E-state index contributed by atoms with van der Waals surface area (Å²) in [6, 6.07) is 0.235. The number of carboxylic acid groups (broad SMARTS) is 1. The van der Waals surface area contributed by atoms with Gasteiger partial charge in [0.2, 0.25) is 0 Å². The highest BCUT2D eigenvalue weighted by Crippen LogP contribution is 2.35. The number of hydrogen-bond donors (Lipinski definition) is 1. The molecule has 1 aliphatic heterocycles. The van der Waals surface area contributed by atoms with E-state index < -0.39 is 5.97 Å². The highest BCUT2D eigenvalue weighted by Gasteiger charge is 2.37. The van der Waals surface area contributed by atoms with Gasteiger partial charge in [0.05, 0.1) is 5.92 Å². The van der Waals surface area contributed by atoms with Crippen molar-refractivity contribution in [3.05, 3.63) is 0 Å². The summed E-state index contributed by atoms with van der Waals surface area (Å²) < 4.78 is 0. The Kier molecular flexibility index (Phi) is 6.06. The summed E-state index contributed by atoms with van der Waals surface area (Å²) in [4.78, 5) is 16.3. The van der Waals surface area contributed by atoms with Crippen molar-refractivity contribution in [3.63, 3.8) is 0 Å². The first kappa shape index (κ1) is 16.8. The van der Waals surface area contributed by atoms with Crippen molar-refractivity contribution >= 4 is 5.97 Å². The van der Waals surface area contributed by atoms with Gasteiger partial charge in [-0.2, -0.15) is 0 Å². The molecule has 2 rings (SSSR count). The summed E-state index contributed by atoms with van der Waals surface area (Å²) in [5.74, 6) is 0.679. The molecule has 0 aromatic heterocycles. The summed E-state index contributed by atoms with van der Waals surface area (Å²) in [6.07, 6.45) is 6.75. The third-order valence-electron chi connectivity index (χ3n) is 5.54. The number of carboxylic acids is 1. The number of hydrogen-bond acceptors (Lipinski definition) is 3. The number of nitrogens with zero attached hydrogens (tertiary/aromatic N) is 2. The van der Waals surface area contributed by atoms with E-state index in [-0.39, 0.29) is 12.0 Å². The fourth-order valence-corrected chi connectivity index (χ4v) is 4.39. The van der Waals surface area contributed by atoms with Crippen LogP contribution in [0.3, 0.4) is 0 Å². The molecule has 1 aliphatic carbocycles. The third-order valence-corrected chi connectivity index (χ3v) is 5.54. The van der Waals surface area contributed by atoms with Crippen molar-refractivity contribution in [2.75, 3.05) is 33.7 Å². The Balaban J connectivity index is 1.95. The van der Waals surface area contributed by atoms with Crippen molar-refractivity contribution in [3.8, 4) is 0 Å². The van der Waals surface area contributed by atoms with Crippen LogP contribution in [0.5, 0.6) is 0 Å². The molecule has 122 valence electrons. The molecule has 1 N–H and O–H groups in total. The molecule has 0 bridgehead atoms. The van der Waals surface area contributed by atoms with E-state index in [0.29, 0.717) is 5.92 Å². The summed E-state index contributed by atoms with van der Waals surface area (Å²) in [7, 11) is 4.32. The summed E-state index contributed by atoms with van der Waals surface area (Å²) in [5.41, 5.74) is 0. The second-order valence-corrected chi connectivity index (χ2v) is 7.34. The third kappa shape index (κ3) is 4.43. The molecule has 0 amide bonds. The predicted octanol–water partition coefficient (Wildman–Crippen LogP) is 2.54. The average Bonchev–Trinajstić information content (AvgIpc) is 2.84. The van der Waals surface area contributed by atoms with Gasteiger partial charge in [-0.05, 0) is 58.2 Å². The van der Waals surface area contributed by atoms with Gasteiger partial charge in [-0.15, -0.1) is 0 Å². The van der Waals surface area contributed by atoms with Gasteiger partial charge >= 0.3 is 5.97 Å². The van der Waals surface area contributed by atoms with E-state index in [9.17, 15) is 9.90 Å². The van der Waals surface area contributed by atoms with Gasteiger partial charge in [-0.3, -0.25) is 4.79 Å². The lowest BCUT2D eigenvalue weighted by molar-refractivity contribution is -0.146. The molecule has 1 heterocycles. The zero-order valence-corrected chi connectivity index (χ0v) is 13.9. The minimum Gasteiger partial charge on any atom is -0.481 e. The van der Waals surface area contributed by atoms with Crippen LogP contribution in [-0.2, 0) is 4.79 Å². The minimum atomic E-state index is -0.592. The Morgan fingerprint density at radius 1 is 1.29 bits per heavy atom. The van der Waals surface area contributed by atoms with E-state index in [0.717, 1.165) is 38.3 Å². The van der Waals surface area contributed by atoms with Crippen molar-refractivity contribution in [2.45, 2.75) is 51.5 Å². The highest BCUT2D eigenvalue weighted by molar-refractivity contribution is 5.71. The Labute approximate surface area is 129 Å². The van der Waals surface area contributed by atoms with Crippen LogP contribution in [-0.4, -0.2) is 60.6 Å². The Hall–Kier alpha value is -0.610. The molecule has 0 spiro atoms. The topological polar surface area (TPSA) is 43.8 Å². The van der Waals surface area contributed by atoms with Crippen molar-refractivity contribution in [1.29, 1.82) is 0 Å². The minimum absolute atomic E-state index is 0.165. The lowest BCUT2D eigenvalue weighted by Gasteiger charge is -2.40. The Bertz CT molecular complexity index is 348. The quantitative estimate of drug-likeness (QED) is 0.818. The van der Waals surface area contributed by atoms with Crippen molar-refractivity contribution < 1.29 is 9.90 Å². The molecule has 0 radical (unpaired) electrons. The van der Waals surface area contributed by atoms with Crippen LogP contribution in [0.15, 0.2) is 0 Å². The maximum atomic E-state index is 11.6. The smallest absolute Gasteiger partial charge is 0.308 e. The van der Waals surface area contributed by atoms with Gasteiger partial charge in [-0.25, -0.2) is 0 Å². The molecule has 1 saturated heterocycles. The molecule has 0 aromatic carbocycles. The lowest BCUT2D eigenvalue weighted by Crippen LogP contribution is -2.47. The van der Waals surface area contributed by atoms with Crippen LogP contribution in [0.1, 0.15) is 45.4 Å². The summed E-state index contributed by atoms with van der Waals surface area (Å²) in [6.45, 7) is 5.63. The molecule has 4 nitrogen and oxygen atoms in total. The largest absolute Gasteiger partial charge is 0.481 e. The van der Waals surface area contributed by atoms with Crippen LogP contribution < -0.4 is 0 Å². The highest BCUT2D eigenvalue weighted by atomic mass is 16.4. The van der Waals surface area contributed by atoms with E-state index in [1.54, 1.807) is 0 Å². The van der Waals surface area contributed by atoms with Gasteiger partial charge in [0.25, 0.3) is 0 Å². The van der Waals surface area contributed by atoms with Gasteiger partial charge in [0.15, 0.2) is 0 Å². The lowest BCUT2D eigenvalue weighted by atomic mass is 9.76. The predicted molar refractivity (Wildman–Crippen MR) is 85.4 cm³/mol. The zero-order chi connectivity index (χ0) is 15.4. The fraction of sp³-hybridized carbons (Fsp3) is 0.941. The number of carbonyl (C=O) groups is 1. The zero-order valence-electron chi connectivity index (χ0n) is 13.9. The molecule has 4 unspecified atom stereocenters. The SMILES string of the molecule is CCCC1CCC(C(=O)O)C(N(C)CC2CCN(C)C2)C1. The maximum absolute atomic E-state index is 11.6. The first-order valence-electron chi connectivity index (χ1n) is 8.62. The fourth-order valence-electron chi connectivity index (χ4n) is 4.39. The maximum Gasteiger partial charge on any atom is 0.308 e. The first-order chi connectivity index (χ1) is 10.0. The Morgan fingerprint density at radius 3 is 2.62 bits per heavy atom. The first-order valence-corrected chi connectivity index (χ1v) is 8.62.